The molecule has 1 saturated carbocycles. The maximum Gasteiger partial charge on any atom is 0.257 e. The van der Waals surface area contributed by atoms with Gasteiger partial charge in [0.05, 0.1) is 24.4 Å². The lowest BCUT2D eigenvalue weighted by atomic mass is 9.95. The van der Waals surface area contributed by atoms with Crippen molar-refractivity contribution in [1.29, 1.82) is 0 Å². The molecule has 2 amide bonds. The van der Waals surface area contributed by atoms with Gasteiger partial charge in [0, 0.05) is 18.4 Å². The van der Waals surface area contributed by atoms with Crippen molar-refractivity contribution in [3.63, 3.8) is 0 Å². The Morgan fingerprint density at radius 3 is 2.62 bits per heavy atom. The smallest absolute Gasteiger partial charge is 0.257 e. The fourth-order valence-corrected chi connectivity index (χ4v) is 4.50. The molecule has 0 bridgehead atoms. The largest absolute Gasteiger partial charge is 0.353 e. The molecule has 4 rings (SSSR count). The van der Waals surface area contributed by atoms with E-state index in [1.165, 1.54) is 12.6 Å². The second-order valence-electron chi connectivity index (χ2n) is 8.62. The standard InChI is InChI=1S/C27H28N4O3/c1-2-16-31-18-22(25(33)21-14-9-15-28-26(21)31)27(34)30-23(19-10-5-3-6-11-19)17-24(32)29-20-12-7-4-8-13-20/h1,3,5-6,9-11,14-15,18,20,23H,4,7-8,12-13,16-17H2,(H,29,32)(H,30,34). The molecular weight excluding hydrogens is 428 g/mol. The number of nitrogens with zero attached hydrogens (tertiary/aromatic N) is 2. The first kappa shape index (κ1) is 23.2. The molecule has 34 heavy (non-hydrogen) atoms. The highest BCUT2D eigenvalue weighted by molar-refractivity contribution is 5.97. The second-order valence-corrected chi connectivity index (χ2v) is 8.62. The van der Waals surface area contributed by atoms with Crippen LogP contribution in [0.4, 0.5) is 0 Å². The molecule has 7 nitrogen and oxygen atoms in total. The molecule has 1 atom stereocenters. The zero-order chi connectivity index (χ0) is 23.9. The highest BCUT2D eigenvalue weighted by Crippen LogP contribution is 2.20. The fourth-order valence-electron chi connectivity index (χ4n) is 4.50. The predicted molar refractivity (Wildman–Crippen MR) is 131 cm³/mol. The number of hydrogen-bond donors (Lipinski definition) is 2. The molecule has 174 valence electrons. The Kier molecular flexibility index (Phi) is 7.38. The average molecular weight is 457 g/mol. The van der Waals surface area contributed by atoms with E-state index in [0.29, 0.717) is 11.0 Å². The first-order valence-electron chi connectivity index (χ1n) is 11.6. The molecule has 0 aliphatic heterocycles. The number of aromatic nitrogens is 2. The van der Waals surface area contributed by atoms with E-state index in [4.69, 9.17) is 6.42 Å². The number of benzene rings is 1. The minimum atomic E-state index is -0.581. The van der Waals surface area contributed by atoms with Gasteiger partial charge in [0.15, 0.2) is 0 Å². The Morgan fingerprint density at radius 1 is 1.12 bits per heavy atom. The monoisotopic (exact) mass is 456 g/mol. The van der Waals surface area contributed by atoms with Gasteiger partial charge in [-0.05, 0) is 30.5 Å². The summed E-state index contributed by atoms with van der Waals surface area (Å²) in [5, 5.41) is 6.33. The van der Waals surface area contributed by atoms with Gasteiger partial charge in [-0.15, -0.1) is 6.42 Å². The van der Waals surface area contributed by atoms with Crippen molar-refractivity contribution >= 4 is 22.8 Å². The number of nitrogens with one attached hydrogen (secondary N) is 2. The van der Waals surface area contributed by atoms with E-state index in [1.54, 1.807) is 22.9 Å². The summed E-state index contributed by atoms with van der Waals surface area (Å²) in [4.78, 5) is 43.5. The van der Waals surface area contributed by atoms with Crippen molar-refractivity contribution < 1.29 is 9.59 Å². The minimum Gasteiger partial charge on any atom is -0.353 e. The molecule has 1 aliphatic rings. The molecule has 2 heterocycles. The van der Waals surface area contributed by atoms with Gasteiger partial charge in [0.1, 0.15) is 11.2 Å². The number of pyridine rings is 2. The third-order valence-corrected chi connectivity index (χ3v) is 6.21. The van der Waals surface area contributed by atoms with E-state index in [9.17, 15) is 14.4 Å². The van der Waals surface area contributed by atoms with Crippen molar-refractivity contribution in [3.05, 3.63) is 76.2 Å². The highest BCUT2D eigenvalue weighted by atomic mass is 16.2. The Labute approximate surface area is 198 Å². The molecule has 1 aromatic carbocycles. The molecule has 0 saturated heterocycles. The highest BCUT2D eigenvalue weighted by Gasteiger charge is 2.24. The van der Waals surface area contributed by atoms with Crippen LogP contribution in [0.25, 0.3) is 11.0 Å². The Bertz CT molecular complexity index is 1270. The number of amides is 2. The topological polar surface area (TPSA) is 93.1 Å². The molecular formula is C27H28N4O3. The summed E-state index contributed by atoms with van der Waals surface area (Å²) < 4.78 is 1.61. The number of carbonyl (C=O) groups excluding carboxylic acids is 2. The van der Waals surface area contributed by atoms with Crippen LogP contribution in [0.2, 0.25) is 0 Å². The zero-order valence-corrected chi connectivity index (χ0v) is 19.0. The van der Waals surface area contributed by atoms with Gasteiger partial charge < -0.3 is 15.2 Å². The second kappa shape index (κ2) is 10.8. The van der Waals surface area contributed by atoms with Gasteiger partial charge in [0.25, 0.3) is 5.91 Å². The lowest BCUT2D eigenvalue weighted by Gasteiger charge is -2.25. The van der Waals surface area contributed by atoms with Crippen molar-refractivity contribution in [1.82, 2.24) is 20.2 Å². The molecule has 1 aliphatic carbocycles. The lowest BCUT2D eigenvalue weighted by Crippen LogP contribution is -2.40. The number of terminal acetylenes is 1. The third-order valence-electron chi connectivity index (χ3n) is 6.21. The maximum absolute atomic E-state index is 13.3. The summed E-state index contributed by atoms with van der Waals surface area (Å²) in [6.07, 6.45) is 14.0. The van der Waals surface area contributed by atoms with Gasteiger partial charge >= 0.3 is 0 Å². The van der Waals surface area contributed by atoms with Crippen LogP contribution >= 0.6 is 0 Å². The normalized spacial score (nSPS) is 14.8. The molecule has 2 N–H and O–H groups in total. The maximum atomic E-state index is 13.3. The summed E-state index contributed by atoms with van der Waals surface area (Å²) in [6, 6.07) is 12.2. The number of carbonyl (C=O) groups is 2. The summed E-state index contributed by atoms with van der Waals surface area (Å²) in [7, 11) is 0. The molecule has 0 radical (unpaired) electrons. The first-order chi connectivity index (χ1) is 16.6. The van der Waals surface area contributed by atoms with Crippen LogP contribution in [0.5, 0.6) is 0 Å². The quantitative estimate of drug-likeness (QED) is 0.534. The van der Waals surface area contributed by atoms with Gasteiger partial charge in [-0.1, -0.05) is 55.5 Å². The van der Waals surface area contributed by atoms with Crippen LogP contribution < -0.4 is 16.1 Å². The van der Waals surface area contributed by atoms with Crippen molar-refractivity contribution in [2.75, 3.05) is 0 Å². The van der Waals surface area contributed by atoms with Crippen LogP contribution in [-0.4, -0.2) is 27.4 Å². The van der Waals surface area contributed by atoms with Crippen LogP contribution in [0.15, 0.2) is 59.7 Å². The molecule has 1 unspecified atom stereocenters. The molecule has 1 fully saturated rings. The Balaban J connectivity index is 1.60. The molecule has 2 aromatic heterocycles. The minimum absolute atomic E-state index is 0.0376. The van der Waals surface area contributed by atoms with Gasteiger partial charge in [-0.3, -0.25) is 14.4 Å². The predicted octanol–water partition coefficient (Wildman–Crippen LogP) is 3.34. The Morgan fingerprint density at radius 2 is 1.88 bits per heavy atom. The van der Waals surface area contributed by atoms with Gasteiger partial charge in [-0.2, -0.15) is 0 Å². The zero-order valence-electron chi connectivity index (χ0n) is 19.0. The van der Waals surface area contributed by atoms with Crippen molar-refractivity contribution in [2.24, 2.45) is 0 Å². The van der Waals surface area contributed by atoms with Gasteiger partial charge in [-0.25, -0.2) is 4.98 Å². The average Bonchev–Trinajstić information content (AvgIpc) is 2.86. The van der Waals surface area contributed by atoms with Crippen molar-refractivity contribution in [3.8, 4) is 12.3 Å². The molecule has 0 spiro atoms. The Hall–Kier alpha value is -3.92. The summed E-state index contributed by atoms with van der Waals surface area (Å²) in [5.74, 6) is 1.86. The summed E-state index contributed by atoms with van der Waals surface area (Å²) in [5.41, 5.74) is 0.756. The third kappa shape index (κ3) is 5.34. The van der Waals surface area contributed by atoms with Crippen LogP contribution in [0.3, 0.4) is 0 Å². The van der Waals surface area contributed by atoms with Crippen molar-refractivity contribution in [2.45, 2.75) is 57.2 Å². The van der Waals surface area contributed by atoms with Crippen LogP contribution in [0.1, 0.15) is 60.5 Å². The van der Waals surface area contributed by atoms with Crippen LogP contribution in [-0.2, 0) is 11.3 Å². The molecule has 7 heteroatoms. The fraction of sp³-hybridized carbons (Fsp3) is 0.333. The van der Waals surface area contributed by atoms with E-state index < -0.39 is 17.4 Å². The summed E-state index contributed by atoms with van der Waals surface area (Å²) >= 11 is 0. The van der Waals surface area contributed by atoms with E-state index in [1.807, 2.05) is 30.3 Å². The molecule has 3 aromatic rings. The number of fused-ring (bicyclic) bond motifs is 1. The number of hydrogen-bond acceptors (Lipinski definition) is 4. The van der Waals surface area contributed by atoms with Crippen LogP contribution in [0, 0.1) is 12.3 Å². The van der Waals surface area contributed by atoms with E-state index in [0.717, 1.165) is 31.2 Å². The SMILES string of the molecule is C#CCn1cc(C(=O)NC(CC(=O)NC2CCCCC2)c2ccccc2)c(=O)c2cccnc21. The van der Waals surface area contributed by atoms with E-state index >= 15 is 0 Å². The summed E-state index contributed by atoms with van der Waals surface area (Å²) in [6.45, 7) is 0.167. The lowest BCUT2D eigenvalue weighted by molar-refractivity contribution is -0.122. The van der Waals surface area contributed by atoms with Gasteiger partial charge in [0.2, 0.25) is 11.3 Å². The first-order valence-corrected chi connectivity index (χ1v) is 11.6. The van der Waals surface area contributed by atoms with E-state index in [-0.39, 0.29) is 30.5 Å². The van der Waals surface area contributed by atoms with E-state index in [2.05, 4.69) is 21.5 Å². The number of rotatable bonds is 7.